The van der Waals surface area contributed by atoms with Crippen LogP contribution in [-0.4, -0.2) is 9.97 Å². The molecule has 0 amide bonds. The van der Waals surface area contributed by atoms with Crippen LogP contribution in [0, 0.1) is 0 Å². The van der Waals surface area contributed by atoms with Gasteiger partial charge < -0.3 is 10.1 Å². The second-order valence-corrected chi connectivity index (χ2v) is 6.84. The summed E-state index contributed by atoms with van der Waals surface area (Å²) in [5.74, 6) is 1.61. The minimum absolute atomic E-state index is 0. The maximum Gasteiger partial charge on any atom is 0.127 e. The van der Waals surface area contributed by atoms with Crippen LogP contribution in [0.1, 0.15) is 0 Å². The number of hydrogen-bond acceptors (Lipinski definition) is 4. The number of nitrogens with one attached hydrogen (secondary N) is 1. The standard InChI is InChI=1S/C26H19N3O.ClH/c1-2-7-20(8-3-1)30-21-14-12-19(13-15-21)29-25-16-18-28-26-22(9-6-10-23(25)26)24-11-4-5-17-27-24;/h1-18H,(H,28,29);1H. The number of ether oxygens (including phenoxy) is 1. The van der Waals surface area contributed by atoms with E-state index in [0.29, 0.717) is 0 Å². The molecule has 5 heteroatoms. The molecule has 2 heterocycles. The molecule has 0 radical (unpaired) electrons. The second-order valence-electron chi connectivity index (χ2n) is 6.84. The zero-order chi connectivity index (χ0) is 20.2. The van der Waals surface area contributed by atoms with Crippen LogP contribution in [0.4, 0.5) is 11.4 Å². The van der Waals surface area contributed by atoms with Crippen LogP contribution in [0.25, 0.3) is 22.2 Å². The Morgan fingerprint density at radius 2 is 1.39 bits per heavy atom. The monoisotopic (exact) mass is 425 g/mol. The van der Waals surface area contributed by atoms with Crippen molar-refractivity contribution in [1.82, 2.24) is 9.97 Å². The van der Waals surface area contributed by atoms with Gasteiger partial charge in [0.15, 0.2) is 0 Å². The van der Waals surface area contributed by atoms with Crippen molar-refractivity contribution in [3.8, 4) is 22.8 Å². The molecule has 1 N–H and O–H groups in total. The smallest absolute Gasteiger partial charge is 0.127 e. The van der Waals surface area contributed by atoms with Crippen LogP contribution in [0.3, 0.4) is 0 Å². The average Bonchev–Trinajstić information content (AvgIpc) is 2.81. The first kappa shape index (κ1) is 20.4. The quantitative estimate of drug-likeness (QED) is 0.322. The van der Waals surface area contributed by atoms with Gasteiger partial charge in [0, 0.05) is 34.7 Å². The van der Waals surface area contributed by atoms with Crippen molar-refractivity contribution in [2.24, 2.45) is 0 Å². The lowest BCUT2D eigenvalue weighted by Gasteiger charge is -2.12. The Bertz CT molecular complexity index is 1280. The number of benzene rings is 3. The van der Waals surface area contributed by atoms with Gasteiger partial charge in [0.2, 0.25) is 0 Å². The summed E-state index contributed by atoms with van der Waals surface area (Å²) in [5.41, 5.74) is 4.82. The van der Waals surface area contributed by atoms with Crippen molar-refractivity contribution in [3.63, 3.8) is 0 Å². The highest BCUT2D eigenvalue weighted by Gasteiger charge is 2.09. The van der Waals surface area contributed by atoms with Crippen molar-refractivity contribution in [3.05, 3.63) is 109 Å². The molecule has 0 aliphatic carbocycles. The zero-order valence-corrected chi connectivity index (χ0v) is 17.4. The summed E-state index contributed by atoms with van der Waals surface area (Å²) in [6, 6.07) is 31.7. The highest BCUT2D eigenvalue weighted by Crippen LogP contribution is 2.32. The minimum atomic E-state index is 0. The first-order chi connectivity index (χ1) is 14.9. The fourth-order valence-corrected chi connectivity index (χ4v) is 3.40. The van der Waals surface area contributed by atoms with E-state index < -0.39 is 0 Å². The fraction of sp³-hybridized carbons (Fsp3) is 0. The third kappa shape index (κ3) is 4.49. The number of aromatic nitrogens is 2. The van der Waals surface area contributed by atoms with Crippen molar-refractivity contribution < 1.29 is 4.74 Å². The van der Waals surface area contributed by atoms with E-state index in [1.165, 1.54) is 0 Å². The Balaban J connectivity index is 0.00000231. The largest absolute Gasteiger partial charge is 0.457 e. The van der Waals surface area contributed by atoms with Crippen molar-refractivity contribution in [2.75, 3.05) is 5.32 Å². The van der Waals surface area contributed by atoms with E-state index in [1.54, 1.807) is 6.20 Å². The van der Waals surface area contributed by atoms with Crippen LogP contribution in [-0.2, 0) is 0 Å². The number of nitrogens with zero attached hydrogens (tertiary/aromatic N) is 2. The lowest BCUT2D eigenvalue weighted by molar-refractivity contribution is 0.483. The van der Waals surface area contributed by atoms with E-state index >= 15 is 0 Å². The molecule has 3 aromatic carbocycles. The molecular weight excluding hydrogens is 406 g/mol. The molecule has 0 aliphatic rings. The number of hydrogen-bond donors (Lipinski definition) is 1. The first-order valence-electron chi connectivity index (χ1n) is 9.76. The molecule has 0 aliphatic heterocycles. The first-order valence-corrected chi connectivity index (χ1v) is 9.76. The molecule has 0 spiro atoms. The Kier molecular flexibility index (Phi) is 6.11. The number of halogens is 1. The molecule has 0 fully saturated rings. The number of para-hydroxylation sites is 2. The molecule has 0 saturated carbocycles. The maximum atomic E-state index is 5.87. The van der Waals surface area contributed by atoms with E-state index in [2.05, 4.69) is 27.4 Å². The van der Waals surface area contributed by atoms with Gasteiger partial charge in [0.05, 0.1) is 11.2 Å². The normalized spacial score (nSPS) is 10.3. The SMILES string of the molecule is Cl.c1ccc(Oc2ccc(Nc3ccnc4c(-c5ccccn5)cccc34)cc2)cc1. The maximum absolute atomic E-state index is 5.87. The van der Waals surface area contributed by atoms with E-state index in [1.807, 2.05) is 91.1 Å². The average molecular weight is 426 g/mol. The summed E-state index contributed by atoms with van der Waals surface area (Å²) in [4.78, 5) is 9.10. The van der Waals surface area contributed by atoms with Crippen molar-refractivity contribution >= 4 is 34.7 Å². The van der Waals surface area contributed by atoms with Gasteiger partial charge in [0.1, 0.15) is 11.5 Å². The summed E-state index contributed by atoms with van der Waals surface area (Å²) < 4.78 is 5.87. The van der Waals surface area contributed by atoms with Gasteiger partial charge in [-0.25, -0.2) is 0 Å². The Morgan fingerprint density at radius 3 is 2.16 bits per heavy atom. The lowest BCUT2D eigenvalue weighted by Crippen LogP contribution is -1.94. The highest BCUT2D eigenvalue weighted by molar-refractivity contribution is 6.00. The number of rotatable bonds is 5. The lowest BCUT2D eigenvalue weighted by atomic mass is 10.1. The molecule has 2 aromatic heterocycles. The molecule has 5 rings (SSSR count). The van der Waals surface area contributed by atoms with Crippen molar-refractivity contribution in [1.29, 1.82) is 0 Å². The van der Waals surface area contributed by atoms with Crippen LogP contribution < -0.4 is 10.1 Å². The topological polar surface area (TPSA) is 47.0 Å². The molecule has 0 unspecified atom stereocenters. The fourth-order valence-electron chi connectivity index (χ4n) is 3.40. The molecule has 152 valence electrons. The van der Waals surface area contributed by atoms with E-state index in [0.717, 1.165) is 45.0 Å². The summed E-state index contributed by atoms with van der Waals surface area (Å²) in [7, 11) is 0. The second kappa shape index (κ2) is 9.28. The van der Waals surface area contributed by atoms with Crippen LogP contribution in [0.15, 0.2) is 109 Å². The molecular formula is C26H20ClN3O. The zero-order valence-electron chi connectivity index (χ0n) is 16.6. The number of anilines is 2. The Hall–Kier alpha value is -3.89. The Labute approximate surface area is 187 Å². The molecule has 0 atom stereocenters. The molecule has 0 bridgehead atoms. The van der Waals surface area contributed by atoms with Gasteiger partial charge in [0.25, 0.3) is 0 Å². The predicted octanol–water partition coefficient (Wildman–Crippen LogP) is 7.25. The summed E-state index contributed by atoms with van der Waals surface area (Å²) in [6.07, 6.45) is 3.62. The Morgan fingerprint density at radius 1 is 0.613 bits per heavy atom. The van der Waals surface area contributed by atoms with Crippen LogP contribution >= 0.6 is 12.4 Å². The van der Waals surface area contributed by atoms with Gasteiger partial charge >= 0.3 is 0 Å². The number of fused-ring (bicyclic) bond motifs is 1. The van der Waals surface area contributed by atoms with Gasteiger partial charge in [-0.1, -0.05) is 42.5 Å². The van der Waals surface area contributed by atoms with Gasteiger partial charge in [-0.05, 0) is 54.6 Å². The van der Waals surface area contributed by atoms with E-state index in [4.69, 9.17) is 4.74 Å². The van der Waals surface area contributed by atoms with Gasteiger partial charge in [-0.2, -0.15) is 0 Å². The number of pyridine rings is 2. The van der Waals surface area contributed by atoms with Crippen LogP contribution in [0.5, 0.6) is 11.5 Å². The third-order valence-electron chi connectivity index (χ3n) is 4.82. The van der Waals surface area contributed by atoms with Crippen LogP contribution in [0.2, 0.25) is 0 Å². The predicted molar refractivity (Wildman–Crippen MR) is 128 cm³/mol. The van der Waals surface area contributed by atoms with Gasteiger partial charge in [-0.15, -0.1) is 12.4 Å². The summed E-state index contributed by atoms with van der Waals surface area (Å²) in [5, 5.41) is 4.55. The minimum Gasteiger partial charge on any atom is -0.457 e. The highest BCUT2D eigenvalue weighted by atomic mass is 35.5. The summed E-state index contributed by atoms with van der Waals surface area (Å²) >= 11 is 0. The third-order valence-corrected chi connectivity index (χ3v) is 4.82. The van der Waals surface area contributed by atoms with Crippen molar-refractivity contribution in [2.45, 2.75) is 0 Å². The summed E-state index contributed by atoms with van der Waals surface area (Å²) in [6.45, 7) is 0. The van der Waals surface area contributed by atoms with E-state index in [-0.39, 0.29) is 12.4 Å². The molecule has 0 saturated heterocycles. The molecule has 4 nitrogen and oxygen atoms in total. The van der Waals surface area contributed by atoms with Gasteiger partial charge in [-0.3, -0.25) is 9.97 Å². The molecule has 31 heavy (non-hydrogen) atoms. The van der Waals surface area contributed by atoms with E-state index in [9.17, 15) is 0 Å². The molecule has 5 aromatic rings.